The number of carbonyl (C=O) groups is 1. The van der Waals surface area contributed by atoms with E-state index in [9.17, 15) is 4.79 Å². The summed E-state index contributed by atoms with van der Waals surface area (Å²) in [4.78, 5) is 11.5. The fourth-order valence-corrected chi connectivity index (χ4v) is 1.16. The molecule has 0 radical (unpaired) electrons. The van der Waals surface area contributed by atoms with Crippen molar-refractivity contribution in [1.29, 1.82) is 0 Å². The lowest BCUT2D eigenvalue weighted by Crippen LogP contribution is -2.43. The molecule has 5 heteroatoms. The first-order valence-corrected chi connectivity index (χ1v) is 5.02. The Balaban J connectivity index is 2.40. The second-order valence-electron chi connectivity index (χ2n) is 3.97. The predicted molar refractivity (Wildman–Crippen MR) is 57.9 cm³/mol. The number of carbonyl (C=O) groups excluding carboxylic acids is 1. The van der Waals surface area contributed by atoms with E-state index in [-0.39, 0.29) is 11.8 Å². The third kappa shape index (κ3) is 3.36. The van der Waals surface area contributed by atoms with Crippen molar-refractivity contribution in [1.82, 2.24) is 15.1 Å². The molecule has 1 aromatic heterocycles. The van der Waals surface area contributed by atoms with Gasteiger partial charge in [-0.05, 0) is 12.0 Å². The zero-order valence-corrected chi connectivity index (χ0v) is 9.40. The van der Waals surface area contributed by atoms with Crippen LogP contribution in [0, 0.1) is 5.92 Å². The molecule has 0 bridgehead atoms. The van der Waals surface area contributed by atoms with Gasteiger partial charge in [-0.25, -0.2) is 0 Å². The number of rotatable bonds is 4. The van der Waals surface area contributed by atoms with Crippen LogP contribution in [0.5, 0.6) is 0 Å². The third-order valence-corrected chi connectivity index (χ3v) is 2.23. The summed E-state index contributed by atoms with van der Waals surface area (Å²) in [7, 11) is 1.84. The highest BCUT2D eigenvalue weighted by atomic mass is 16.2. The molecule has 1 rings (SSSR count). The Morgan fingerprint density at radius 3 is 2.80 bits per heavy atom. The second kappa shape index (κ2) is 4.93. The molecule has 15 heavy (non-hydrogen) atoms. The Morgan fingerprint density at radius 1 is 1.67 bits per heavy atom. The molecule has 3 N–H and O–H groups in total. The molecule has 1 atom stereocenters. The summed E-state index contributed by atoms with van der Waals surface area (Å²) in [5.41, 5.74) is 6.53. The molecule has 1 heterocycles. The zero-order chi connectivity index (χ0) is 11.4. The SMILES string of the molecule is CC(C)[C@H](N)C(=O)NCc1ccn(C)n1. The van der Waals surface area contributed by atoms with Crippen molar-refractivity contribution >= 4 is 5.91 Å². The molecule has 0 saturated heterocycles. The molecular formula is C10H18N4O. The summed E-state index contributed by atoms with van der Waals surface area (Å²) in [6.45, 7) is 4.27. The standard InChI is InChI=1S/C10H18N4O/c1-7(2)9(11)10(15)12-6-8-4-5-14(3)13-8/h4-5,7,9H,6,11H2,1-3H3,(H,12,15)/t9-/m0/s1. The predicted octanol–water partition coefficient (Wildman–Crippen LogP) is 0.0196. The van der Waals surface area contributed by atoms with Gasteiger partial charge in [0.25, 0.3) is 0 Å². The summed E-state index contributed by atoms with van der Waals surface area (Å²) in [5.74, 6) is 0.0179. The number of hydrogen-bond donors (Lipinski definition) is 2. The minimum atomic E-state index is -0.450. The number of aromatic nitrogens is 2. The molecule has 0 spiro atoms. The van der Waals surface area contributed by atoms with E-state index in [0.29, 0.717) is 6.54 Å². The van der Waals surface area contributed by atoms with Gasteiger partial charge in [-0.15, -0.1) is 0 Å². The van der Waals surface area contributed by atoms with Gasteiger partial charge in [0.2, 0.25) is 5.91 Å². The topological polar surface area (TPSA) is 72.9 Å². The van der Waals surface area contributed by atoms with E-state index in [1.807, 2.05) is 33.2 Å². The molecule has 0 aliphatic rings. The van der Waals surface area contributed by atoms with Crippen molar-refractivity contribution in [3.05, 3.63) is 18.0 Å². The van der Waals surface area contributed by atoms with Gasteiger partial charge in [0.1, 0.15) is 0 Å². The molecule has 0 saturated carbocycles. The smallest absolute Gasteiger partial charge is 0.237 e. The maximum absolute atomic E-state index is 11.5. The van der Waals surface area contributed by atoms with E-state index in [1.165, 1.54) is 0 Å². The first-order chi connectivity index (χ1) is 7.00. The number of nitrogens with one attached hydrogen (secondary N) is 1. The van der Waals surface area contributed by atoms with Gasteiger partial charge in [0.15, 0.2) is 0 Å². The Morgan fingerprint density at radius 2 is 2.33 bits per heavy atom. The van der Waals surface area contributed by atoms with Crippen LogP contribution in [0.2, 0.25) is 0 Å². The molecule has 0 aromatic carbocycles. The first-order valence-electron chi connectivity index (χ1n) is 5.02. The Kier molecular flexibility index (Phi) is 3.85. The fourth-order valence-electron chi connectivity index (χ4n) is 1.16. The molecule has 0 aliphatic carbocycles. The highest BCUT2D eigenvalue weighted by Gasteiger charge is 2.16. The minimum absolute atomic E-state index is 0.129. The monoisotopic (exact) mass is 210 g/mol. The van der Waals surface area contributed by atoms with Crippen LogP contribution >= 0.6 is 0 Å². The van der Waals surface area contributed by atoms with Gasteiger partial charge >= 0.3 is 0 Å². The van der Waals surface area contributed by atoms with Gasteiger partial charge in [-0.1, -0.05) is 13.8 Å². The molecule has 5 nitrogen and oxygen atoms in total. The van der Waals surface area contributed by atoms with Crippen LogP contribution < -0.4 is 11.1 Å². The van der Waals surface area contributed by atoms with Crippen molar-refractivity contribution in [2.45, 2.75) is 26.4 Å². The van der Waals surface area contributed by atoms with Crippen molar-refractivity contribution in [2.24, 2.45) is 18.7 Å². The largest absolute Gasteiger partial charge is 0.349 e. The number of nitrogens with zero attached hydrogens (tertiary/aromatic N) is 2. The van der Waals surface area contributed by atoms with Crippen LogP contribution in [-0.4, -0.2) is 21.7 Å². The summed E-state index contributed by atoms with van der Waals surface area (Å²) in [6, 6.07) is 1.41. The molecule has 1 amide bonds. The van der Waals surface area contributed by atoms with E-state index in [1.54, 1.807) is 4.68 Å². The van der Waals surface area contributed by atoms with Crippen LogP contribution in [0.4, 0.5) is 0 Å². The van der Waals surface area contributed by atoms with E-state index in [4.69, 9.17) is 5.73 Å². The second-order valence-corrected chi connectivity index (χ2v) is 3.97. The summed E-state index contributed by atoms with van der Waals surface area (Å²) in [6.07, 6.45) is 1.84. The van der Waals surface area contributed by atoms with E-state index < -0.39 is 6.04 Å². The lowest BCUT2D eigenvalue weighted by atomic mass is 10.1. The van der Waals surface area contributed by atoms with Crippen LogP contribution in [0.1, 0.15) is 19.5 Å². The number of nitrogens with two attached hydrogens (primary N) is 1. The lowest BCUT2D eigenvalue weighted by Gasteiger charge is -2.14. The van der Waals surface area contributed by atoms with Crippen LogP contribution in [0.3, 0.4) is 0 Å². The van der Waals surface area contributed by atoms with Gasteiger partial charge in [0.05, 0.1) is 18.3 Å². The first kappa shape index (κ1) is 11.7. The molecular weight excluding hydrogens is 192 g/mol. The molecule has 84 valence electrons. The lowest BCUT2D eigenvalue weighted by molar-refractivity contribution is -0.123. The minimum Gasteiger partial charge on any atom is -0.349 e. The van der Waals surface area contributed by atoms with Gasteiger partial charge in [-0.3, -0.25) is 9.48 Å². The number of aryl methyl sites for hydroxylation is 1. The number of amides is 1. The van der Waals surface area contributed by atoms with Crippen LogP contribution in [0.25, 0.3) is 0 Å². The average molecular weight is 210 g/mol. The van der Waals surface area contributed by atoms with Crippen molar-refractivity contribution in [2.75, 3.05) is 0 Å². The zero-order valence-electron chi connectivity index (χ0n) is 9.40. The molecule has 1 aromatic rings. The molecule has 0 aliphatic heterocycles. The highest BCUT2D eigenvalue weighted by Crippen LogP contribution is 1.99. The van der Waals surface area contributed by atoms with Crippen molar-refractivity contribution < 1.29 is 4.79 Å². The summed E-state index contributed by atoms with van der Waals surface area (Å²) in [5, 5.41) is 6.90. The Labute approximate surface area is 89.6 Å². The van der Waals surface area contributed by atoms with Crippen molar-refractivity contribution in [3.63, 3.8) is 0 Å². The van der Waals surface area contributed by atoms with E-state index >= 15 is 0 Å². The highest BCUT2D eigenvalue weighted by molar-refractivity contribution is 5.81. The maximum Gasteiger partial charge on any atom is 0.237 e. The van der Waals surface area contributed by atoms with E-state index in [2.05, 4.69) is 10.4 Å². The average Bonchev–Trinajstić information content (AvgIpc) is 2.59. The Bertz CT molecular complexity index is 332. The molecule has 0 fully saturated rings. The van der Waals surface area contributed by atoms with Gasteiger partial charge in [0, 0.05) is 13.2 Å². The number of hydrogen-bond acceptors (Lipinski definition) is 3. The summed E-state index contributed by atoms with van der Waals surface area (Å²) >= 11 is 0. The maximum atomic E-state index is 11.5. The van der Waals surface area contributed by atoms with Crippen molar-refractivity contribution in [3.8, 4) is 0 Å². The van der Waals surface area contributed by atoms with Crippen LogP contribution in [-0.2, 0) is 18.4 Å². The fraction of sp³-hybridized carbons (Fsp3) is 0.600. The van der Waals surface area contributed by atoms with Gasteiger partial charge in [-0.2, -0.15) is 5.10 Å². The summed E-state index contributed by atoms with van der Waals surface area (Å²) < 4.78 is 1.70. The third-order valence-electron chi connectivity index (χ3n) is 2.23. The molecule has 0 unspecified atom stereocenters. The quantitative estimate of drug-likeness (QED) is 0.735. The van der Waals surface area contributed by atoms with E-state index in [0.717, 1.165) is 5.69 Å². The van der Waals surface area contributed by atoms with Crippen LogP contribution in [0.15, 0.2) is 12.3 Å². The normalized spacial score (nSPS) is 12.9. The Hall–Kier alpha value is -1.36. The van der Waals surface area contributed by atoms with Gasteiger partial charge < -0.3 is 11.1 Å².